The normalized spacial score (nSPS) is 10.9. The molecule has 6 nitrogen and oxygen atoms in total. The van der Waals surface area contributed by atoms with Gasteiger partial charge in [0.1, 0.15) is 0 Å². The molecule has 4 aromatic rings. The first kappa shape index (κ1) is 21.9. The Bertz CT molecular complexity index is 1160. The quantitative estimate of drug-likeness (QED) is 0.390. The van der Waals surface area contributed by atoms with Crippen molar-refractivity contribution in [3.63, 3.8) is 0 Å². The zero-order valence-electron chi connectivity index (χ0n) is 18.3. The van der Waals surface area contributed by atoms with E-state index in [9.17, 15) is 4.79 Å². The highest BCUT2D eigenvalue weighted by Gasteiger charge is 2.11. The monoisotopic (exact) mass is 446 g/mol. The number of carbonyl (C=O) groups is 1. The maximum atomic E-state index is 12.2. The van der Waals surface area contributed by atoms with E-state index in [1.807, 2.05) is 19.1 Å². The topological polar surface area (TPSA) is 80.9 Å². The van der Waals surface area contributed by atoms with E-state index >= 15 is 0 Å². The van der Waals surface area contributed by atoms with Crippen LogP contribution in [0.4, 0.5) is 0 Å². The molecule has 0 unspecified atom stereocenters. The number of nitrogens with zero attached hydrogens (tertiary/aromatic N) is 3. The zero-order chi connectivity index (χ0) is 22.3. The van der Waals surface area contributed by atoms with Crippen molar-refractivity contribution in [2.75, 3.05) is 6.54 Å². The molecule has 4 rings (SSSR count). The van der Waals surface area contributed by atoms with Crippen LogP contribution in [0.5, 0.6) is 0 Å². The van der Waals surface area contributed by atoms with Gasteiger partial charge in [-0.05, 0) is 30.9 Å². The van der Waals surface area contributed by atoms with Crippen molar-refractivity contribution in [1.29, 1.82) is 0 Å². The molecule has 164 valence electrons. The number of aryl methyl sites for hydroxylation is 3. The molecule has 0 bridgehead atoms. The Morgan fingerprint density at radius 3 is 2.38 bits per heavy atom. The fraction of sp³-hybridized carbons (Fsp3) is 0.280. The van der Waals surface area contributed by atoms with Crippen LogP contribution < -0.4 is 5.32 Å². The van der Waals surface area contributed by atoms with Crippen molar-refractivity contribution in [1.82, 2.24) is 20.4 Å². The molecular weight excluding hydrogens is 420 g/mol. The number of benzene rings is 2. The molecule has 32 heavy (non-hydrogen) atoms. The van der Waals surface area contributed by atoms with Gasteiger partial charge in [-0.25, -0.2) is 4.98 Å². The molecule has 0 aliphatic carbocycles. The molecule has 1 amide bonds. The van der Waals surface area contributed by atoms with Gasteiger partial charge in [-0.3, -0.25) is 4.79 Å². The average Bonchev–Trinajstić information content (AvgIpc) is 3.47. The highest BCUT2D eigenvalue weighted by atomic mass is 32.1. The third kappa shape index (κ3) is 5.68. The molecule has 0 fully saturated rings. The lowest BCUT2D eigenvalue weighted by Crippen LogP contribution is -2.25. The molecule has 0 aliphatic rings. The Labute approximate surface area is 191 Å². The van der Waals surface area contributed by atoms with Crippen LogP contribution >= 0.6 is 11.3 Å². The number of aromatic nitrogens is 3. The molecule has 0 aliphatic heterocycles. The fourth-order valence-electron chi connectivity index (χ4n) is 3.36. The van der Waals surface area contributed by atoms with Crippen LogP contribution in [0.15, 0.2) is 58.4 Å². The van der Waals surface area contributed by atoms with Crippen LogP contribution in [0, 0.1) is 6.92 Å². The second-order valence-corrected chi connectivity index (χ2v) is 8.67. The van der Waals surface area contributed by atoms with Gasteiger partial charge in [-0.1, -0.05) is 60.6 Å². The van der Waals surface area contributed by atoms with Gasteiger partial charge in [-0.2, -0.15) is 4.98 Å². The molecule has 2 heterocycles. The summed E-state index contributed by atoms with van der Waals surface area (Å²) in [6.45, 7) is 4.72. The summed E-state index contributed by atoms with van der Waals surface area (Å²) >= 11 is 1.65. The summed E-state index contributed by atoms with van der Waals surface area (Å²) in [5.74, 6) is 1.01. The van der Waals surface area contributed by atoms with E-state index < -0.39 is 0 Å². The van der Waals surface area contributed by atoms with Gasteiger partial charge in [0.2, 0.25) is 17.6 Å². The van der Waals surface area contributed by atoms with Crippen LogP contribution in [0.25, 0.3) is 22.6 Å². The minimum absolute atomic E-state index is 0.0217. The second-order valence-electron chi connectivity index (χ2n) is 7.61. The lowest BCUT2D eigenvalue weighted by atomic mass is 10.1. The number of thiazole rings is 1. The van der Waals surface area contributed by atoms with Crippen molar-refractivity contribution >= 4 is 17.2 Å². The number of carbonyl (C=O) groups excluding carboxylic acids is 1. The van der Waals surface area contributed by atoms with Gasteiger partial charge >= 0.3 is 0 Å². The Balaban J connectivity index is 1.20. The predicted molar refractivity (Wildman–Crippen MR) is 126 cm³/mol. The number of nitrogens with one attached hydrogen (secondary N) is 1. The van der Waals surface area contributed by atoms with E-state index in [4.69, 9.17) is 4.52 Å². The molecule has 0 radical (unpaired) electrons. The standard InChI is InChI=1S/C25H26N4O2S/c1-3-18-4-10-21(11-5-18)25-28-24(31-29-25)13-12-23(30)26-15-14-19-6-8-20(9-7-19)22-16-32-17(2)27-22/h4-11,16H,3,12-15H2,1-2H3,(H,26,30). The van der Waals surface area contributed by atoms with Gasteiger partial charge in [0.05, 0.1) is 10.7 Å². The van der Waals surface area contributed by atoms with E-state index in [2.05, 4.69) is 69.1 Å². The maximum Gasteiger partial charge on any atom is 0.227 e. The molecule has 0 spiro atoms. The first-order chi connectivity index (χ1) is 15.6. The number of hydrogen-bond acceptors (Lipinski definition) is 6. The smallest absolute Gasteiger partial charge is 0.227 e. The molecule has 2 aromatic carbocycles. The molecule has 1 N–H and O–H groups in total. The molecular formula is C25H26N4O2S. The molecule has 2 aromatic heterocycles. The lowest BCUT2D eigenvalue weighted by molar-refractivity contribution is -0.121. The number of hydrogen-bond donors (Lipinski definition) is 1. The van der Waals surface area contributed by atoms with Crippen LogP contribution in [-0.4, -0.2) is 27.6 Å². The summed E-state index contributed by atoms with van der Waals surface area (Å²) in [6, 6.07) is 16.4. The maximum absolute atomic E-state index is 12.2. The molecule has 0 atom stereocenters. The summed E-state index contributed by atoms with van der Waals surface area (Å²) in [7, 11) is 0. The van der Waals surface area contributed by atoms with Gasteiger partial charge in [0.25, 0.3) is 0 Å². The van der Waals surface area contributed by atoms with E-state index in [-0.39, 0.29) is 5.91 Å². The summed E-state index contributed by atoms with van der Waals surface area (Å²) in [4.78, 5) is 21.1. The summed E-state index contributed by atoms with van der Waals surface area (Å²) in [5.41, 5.74) is 5.48. The minimum Gasteiger partial charge on any atom is -0.356 e. The van der Waals surface area contributed by atoms with Crippen molar-refractivity contribution in [2.45, 2.75) is 39.5 Å². The molecule has 0 saturated heterocycles. The van der Waals surface area contributed by atoms with Crippen molar-refractivity contribution in [3.8, 4) is 22.6 Å². The van der Waals surface area contributed by atoms with Crippen molar-refractivity contribution < 1.29 is 9.32 Å². The van der Waals surface area contributed by atoms with Gasteiger partial charge in [0, 0.05) is 35.9 Å². The van der Waals surface area contributed by atoms with E-state index in [1.54, 1.807) is 11.3 Å². The van der Waals surface area contributed by atoms with Crippen LogP contribution in [0.1, 0.15) is 35.4 Å². The Morgan fingerprint density at radius 1 is 0.969 bits per heavy atom. The Kier molecular flexibility index (Phi) is 7.07. The van der Waals surface area contributed by atoms with Gasteiger partial charge < -0.3 is 9.84 Å². The summed E-state index contributed by atoms with van der Waals surface area (Å²) in [6.07, 6.45) is 2.51. The Morgan fingerprint density at radius 2 is 1.69 bits per heavy atom. The van der Waals surface area contributed by atoms with Crippen LogP contribution in [0.2, 0.25) is 0 Å². The predicted octanol–water partition coefficient (Wildman–Crippen LogP) is 5.02. The average molecular weight is 447 g/mol. The van der Waals surface area contributed by atoms with Crippen LogP contribution in [0.3, 0.4) is 0 Å². The van der Waals surface area contributed by atoms with Crippen molar-refractivity contribution in [3.05, 3.63) is 75.9 Å². The number of rotatable bonds is 9. The van der Waals surface area contributed by atoms with Gasteiger partial charge in [-0.15, -0.1) is 11.3 Å². The Hall–Kier alpha value is -3.32. The lowest BCUT2D eigenvalue weighted by Gasteiger charge is -2.05. The first-order valence-electron chi connectivity index (χ1n) is 10.8. The summed E-state index contributed by atoms with van der Waals surface area (Å²) in [5, 5.41) is 10.1. The summed E-state index contributed by atoms with van der Waals surface area (Å²) < 4.78 is 5.30. The minimum atomic E-state index is -0.0217. The zero-order valence-corrected chi connectivity index (χ0v) is 19.1. The highest BCUT2D eigenvalue weighted by molar-refractivity contribution is 7.09. The molecule has 7 heteroatoms. The fourth-order valence-corrected chi connectivity index (χ4v) is 3.98. The highest BCUT2D eigenvalue weighted by Crippen LogP contribution is 2.22. The van der Waals surface area contributed by atoms with Gasteiger partial charge in [0.15, 0.2) is 0 Å². The SMILES string of the molecule is CCc1ccc(-c2noc(CCC(=O)NCCc3ccc(-c4csc(C)n4)cc3)n2)cc1. The van der Waals surface area contributed by atoms with Crippen LogP contribution in [-0.2, 0) is 24.1 Å². The molecule has 0 saturated carbocycles. The number of amides is 1. The first-order valence-corrected chi connectivity index (χ1v) is 11.7. The third-order valence-corrected chi connectivity index (χ3v) is 6.03. The van der Waals surface area contributed by atoms with E-state index in [1.165, 1.54) is 11.1 Å². The third-order valence-electron chi connectivity index (χ3n) is 5.26. The van der Waals surface area contributed by atoms with E-state index in [0.29, 0.717) is 31.1 Å². The largest absolute Gasteiger partial charge is 0.356 e. The van der Waals surface area contributed by atoms with Crippen molar-refractivity contribution in [2.24, 2.45) is 0 Å². The second kappa shape index (κ2) is 10.3. The van der Waals surface area contributed by atoms with E-state index in [0.717, 1.165) is 34.7 Å².